The van der Waals surface area contributed by atoms with Gasteiger partial charge in [-0.2, -0.15) is 0 Å². The Morgan fingerprint density at radius 1 is 1.13 bits per heavy atom. The first-order valence-electron chi connectivity index (χ1n) is 7.49. The van der Waals surface area contributed by atoms with Gasteiger partial charge >= 0.3 is 11.8 Å². The Morgan fingerprint density at radius 2 is 1.83 bits per heavy atom. The maximum Gasteiger partial charge on any atom is 0.316 e. The number of anilines is 1. The predicted molar refractivity (Wildman–Crippen MR) is 85.6 cm³/mol. The number of rotatable bonds is 4. The van der Waals surface area contributed by atoms with Crippen LogP contribution in [0.4, 0.5) is 5.69 Å². The first kappa shape index (κ1) is 16.9. The van der Waals surface area contributed by atoms with Crippen LogP contribution in [0, 0.1) is 0 Å². The third-order valence-electron chi connectivity index (χ3n) is 3.56. The zero-order valence-corrected chi connectivity index (χ0v) is 12.8. The summed E-state index contributed by atoms with van der Waals surface area (Å²) in [6, 6.07) is 6.34. The number of nitrogens with one attached hydrogen (secondary N) is 3. The Hall–Kier alpha value is -2.45. The van der Waals surface area contributed by atoms with Crippen molar-refractivity contribution >= 4 is 23.4 Å². The normalized spacial score (nSPS) is 15.0. The number of imide groups is 1. The Bertz CT molecular complexity index is 584. The highest BCUT2D eigenvalue weighted by molar-refractivity contribution is 6.38. The van der Waals surface area contributed by atoms with E-state index in [2.05, 4.69) is 15.5 Å². The molecule has 1 aliphatic heterocycles. The molecule has 1 aromatic rings. The van der Waals surface area contributed by atoms with E-state index in [1.165, 1.54) is 6.07 Å². The van der Waals surface area contributed by atoms with Crippen molar-refractivity contribution in [2.24, 2.45) is 0 Å². The standard InChI is InChI=1S/C15H21N5O3/c16-12-4-2-1-3-11(12)13(21)19-15(23)14(22)18-7-10-20-8-5-17-6-9-20/h1-4,17H,5-10,16H2,(H,18,22)(H,19,21,23). The van der Waals surface area contributed by atoms with E-state index in [0.29, 0.717) is 13.1 Å². The lowest BCUT2D eigenvalue weighted by molar-refractivity contribution is -0.138. The monoisotopic (exact) mass is 319 g/mol. The van der Waals surface area contributed by atoms with Crippen LogP contribution in [-0.4, -0.2) is 61.9 Å². The van der Waals surface area contributed by atoms with Gasteiger partial charge in [0.15, 0.2) is 0 Å². The van der Waals surface area contributed by atoms with Gasteiger partial charge in [0.1, 0.15) is 0 Å². The number of nitrogens with zero attached hydrogens (tertiary/aromatic N) is 1. The van der Waals surface area contributed by atoms with E-state index >= 15 is 0 Å². The van der Waals surface area contributed by atoms with Gasteiger partial charge < -0.3 is 16.4 Å². The number of hydrogen-bond acceptors (Lipinski definition) is 6. The van der Waals surface area contributed by atoms with Crippen molar-refractivity contribution in [3.05, 3.63) is 29.8 Å². The molecule has 8 nitrogen and oxygen atoms in total. The van der Waals surface area contributed by atoms with Crippen molar-refractivity contribution in [3.8, 4) is 0 Å². The van der Waals surface area contributed by atoms with Crippen LogP contribution in [-0.2, 0) is 9.59 Å². The van der Waals surface area contributed by atoms with Crippen molar-refractivity contribution in [1.29, 1.82) is 0 Å². The summed E-state index contributed by atoms with van der Waals surface area (Å²) in [5.41, 5.74) is 6.06. The smallest absolute Gasteiger partial charge is 0.316 e. The summed E-state index contributed by atoms with van der Waals surface area (Å²) in [4.78, 5) is 37.5. The molecular formula is C15H21N5O3. The quantitative estimate of drug-likeness (QED) is 0.398. The van der Waals surface area contributed by atoms with Gasteiger partial charge in [-0.1, -0.05) is 12.1 Å². The molecule has 1 fully saturated rings. The van der Waals surface area contributed by atoms with Crippen molar-refractivity contribution in [2.75, 3.05) is 45.0 Å². The van der Waals surface area contributed by atoms with Gasteiger partial charge in [0, 0.05) is 45.0 Å². The zero-order chi connectivity index (χ0) is 16.7. The summed E-state index contributed by atoms with van der Waals surface area (Å²) in [6.45, 7) is 4.68. The molecule has 1 aromatic carbocycles. The molecule has 0 saturated carbocycles. The van der Waals surface area contributed by atoms with Crippen LogP contribution in [0.2, 0.25) is 0 Å². The lowest BCUT2D eigenvalue weighted by atomic mass is 10.1. The van der Waals surface area contributed by atoms with E-state index < -0.39 is 17.7 Å². The zero-order valence-electron chi connectivity index (χ0n) is 12.8. The average Bonchev–Trinajstić information content (AvgIpc) is 2.56. The number of para-hydroxylation sites is 1. The molecule has 0 unspecified atom stereocenters. The molecular weight excluding hydrogens is 298 g/mol. The molecule has 3 amide bonds. The second kappa shape index (κ2) is 8.25. The molecule has 2 rings (SSSR count). The van der Waals surface area contributed by atoms with Crippen molar-refractivity contribution in [1.82, 2.24) is 20.9 Å². The minimum Gasteiger partial charge on any atom is -0.398 e. The van der Waals surface area contributed by atoms with Crippen LogP contribution in [0.15, 0.2) is 24.3 Å². The highest BCUT2D eigenvalue weighted by atomic mass is 16.2. The number of benzene rings is 1. The Labute approximate surface area is 134 Å². The fourth-order valence-corrected chi connectivity index (χ4v) is 2.27. The number of carbonyl (C=O) groups is 3. The van der Waals surface area contributed by atoms with Crippen molar-refractivity contribution < 1.29 is 14.4 Å². The lowest BCUT2D eigenvalue weighted by Gasteiger charge is -2.26. The molecule has 5 N–H and O–H groups in total. The van der Waals surface area contributed by atoms with Crippen LogP contribution in [0.3, 0.4) is 0 Å². The summed E-state index contributed by atoms with van der Waals surface area (Å²) in [5, 5.41) is 7.77. The van der Waals surface area contributed by atoms with E-state index in [9.17, 15) is 14.4 Å². The van der Waals surface area contributed by atoms with Crippen LogP contribution >= 0.6 is 0 Å². The van der Waals surface area contributed by atoms with E-state index in [4.69, 9.17) is 5.73 Å². The fraction of sp³-hybridized carbons (Fsp3) is 0.400. The number of carbonyl (C=O) groups excluding carboxylic acids is 3. The molecule has 0 aliphatic carbocycles. The van der Waals surface area contributed by atoms with Gasteiger partial charge in [-0.25, -0.2) is 0 Å². The summed E-state index contributed by atoms with van der Waals surface area (Å²) in [5.74, 6) is -2.51. The molecule has 1 heterocycles. The van der Waals surface area contributed by atoms with Crippen LogP contribution < -0.4 is 21.7 Å². The minimum absolute atomic E-state index is 0.162. The summed E-state index contributed by atoms with van der Waals surface area (Å²) < 4.78 is 0. The van der Waals surface area contributed by atoms with Gasteiger partial charge in [0.25, 0.3) is 5.91 Å². The largest absolute Gasteiger partial charge is 0.398 e. The summed E-state index contributed by atoms with van der Waals surface area (Å²) in [6.07, 6.45) is 0. The van der Waals surface area contributed by atoms with E-state index in [1.807, 2.05) is 5.32 Å². The first-order chi connectivity index (χ1) is 11.1. The maximum absolute atomic E-state index is 11.9. The summed E-state index contributed by atoms with van der Waals surface area (Å²) in [7, 11) is 0. The molecule has 0 radical (unpaired) electrons. The highest BCUT2D eigenvalue weighted by Gasteiger charge is 2.19. The Kier molecular flexibility index (Phi) is 6.07. The minimum atomic E-state index is -0.987. The predicted octanol–water partition coefficient (Wildman–Crippen LogP) is -1.45. The first-order valence-corrected chi connectivity index (χ1v) is 7.49. The third-order valence-corrected chi connectivity index (χ3v) is 3.56. The van der Waals surface area contributed by atoms with Gasteiger partial charge in [0.2, 0.25) is 0 Å². The second-order valence-corrected chi connectivity index (χ2v) is 5.22. The number of nitrogen functional groups attached to an aromatic ring is 1. The van der Waals surface area contributed by atoms with Gasteiger partial charge in [-0.3, -0.25) is 24.6 Å². The average molecular weight is 319 g/mol. The molecule has 0 bridgehead atoms. The maximum atomic E-state index is 11.9. The third kappa shape index (κ3) is 5.04. The molecule has 0 atom stereocenters. The molecule has 124 valence electrons. The van der Waals surface area contributed by atoms with E-state index in [-0.39, 0.29) is 11.3 Å². The lowest BCUT2D eigenvalue weighted by Crippen LogP contribution is -2.48. The van der Waals surface area contributed by atoms with Gasteiger partial charge in [0.05, 0.1) is 5.56 Å². The highest BCUT2D eigenvalue weighted by Crippen LogP contribution is 2.09. The topological polar surface area (TPSA) is 117 Å². The molecule has 1 saturated heterocycles. The Morgan fingerprint density at radius 3 is 2.52 bits per heavy atom. The second-order valence-electron chi connectivity index (χ2n) is 5.22. The summed E-state index contributed by atoms with van der Waals surface area (Å²) >= 11 is 0. The van der Waals surface area contributed by atoms with Crippen LogP contribution in [0.1, 0.15) is 10.4 Å². The molecule has 23 heavy (non-hydrogen) atoms. The number of amides is 3. The molecule has 0 spiro atoms. The molecule has 8 heteroatoms. The van der Waals surface area contributed by atoms with Gasteiger partial charge in [-0.05, 0) is 12.1 Å². The van der Waals surface area contributed by atoms with Crippen LogP contribution in [0.5, 0.6) is 0 Å². The van der Waals surface area contributed by atoms with Crippen LogP contribution in [0.25, 0.3) is 0 Å². The van der Waals surface area contributed by atoms with E-state index in [0.717, 1.165) is 26.2 Å². The van der Waals surface area contributed by atoms with E-state index in [1.54, 1.807) is 18.2 Å². The number of hydrogen-bond donors (Lipinski definition) is 4. The molecule has 0 aromatic heterocycles. The Balaban J connectivity index is 1.75. The molecule has 1 aliphatic rings. The number of piperazine rings is 1. The van der Waals surface area contributed by atoms with Gasteiger partial charge in [-0.15, -0.1) is 0 Å². The van der Waals surface area contributed by atoms with Crippen molar-refractivity contribution in [3.63, 3.8) is 0 Å². The van der Waals surface area contributed by atoms with Crippen molar-refractivity contribution in [2.45, 2.75) is 0 Å². The number of nitrogens with two attached hydrogens (primary N) is 1. The fourth-order valence-electron chi connectivity index (χ4n) is 2.27. The SMILES string of the molecule is Nc1ccccc1C(=O)NC(=O)C(=O)NCCN1CCNCC1.